The highest BCUT2D eigenvalue weighted by molar-refractivity contribution is 7.10. The van der Waals surface area contributed by atoms with E-state index in [9.17, 15) is 9.59 Å². The molecule has 1 saturated carbocycles. The van der Waals surface area contributed by atoms with Crippen molar-refractivity contribution in [3.05, 3.63) is 68.5 Å². The zero-order valence-corrected chi connectivity index (χ0v) is 20.4. The second kappa shape index (κ2) is 10.9. The van der Waals surface area contributed by atoms with E-state index in [1.54, 1.807) is 48.7 Å². The zero-order chi connectivity index (χ0) is 23.2. The average molecular weight is 485 g/mol. The second-order valence-corrected chi connectivity index (χ2v) is 10.0. The Morgan fingerprint density at radius 1 is 1.03 bits per heavy atom. The van der Waals surface area contributed by atoms with E-state index in [4.69, 9.17) is 9.47 Å². The summed E-state index contributed by atoms with van der Waals surface area (Å²) in [6.07, 6.45) is 4.21. The van der Waals surface area contributed by atoms with Crippen LogP contribution >= 0.6 is 22.7 Å². The Kier molecular flexibility index (Phi) is 7.67. The quantitative estimate of drug-likeness (QED) is 0.449. The third kappa shape index (κ3) is 5.39. The van der Waals surface area contributed by atoms with Crippen LogP contribution in [-0.2, 0) is 11.3 Å². The first-order valence-corrected chi connectivity index (χ1v) is 12.8. The first-order chi connectivity index (χ1) is 16.1. The number of carbonyl (C=O) groups excluding carboxylic acids is 2. The number of carbonyl (C=O) groups is 2. The van der Waals surface area contributed by atoms with Gasteiger partial charge < -0.3 is 19.7 Å². The van der Waals surface area contributed by atoms with Crippen molar-refractivity contribution < 1.29 is 19.1 Å². The molecule has 2 amide bonds. The fraction of sp³-hybridized carbons (Fsp3) is 0.360. The summed E-state index contributed by atoms with van der Waals surface area (Å²) >= 11 is 3.06. The number of hydrogen-bond donors (Lipinski definition) is 1. The van der Waals surface area contributed by atoms with E-state index in [1.807, 2.05) is 35.0 Å². The standard InChI is InChI=1S/C25H28N2O4S2/c1-30-20-12-11-17(15-21(20)31-2)25(29)27(16-19-9-5-13-32-19)23(22-10-6-14-33-22)24(28)26-18-7-3-4-8-18/h5-6,9-15,18,23H,3-4,7-8,16H2,1-2H3,(H,26,28)/t23-/m0/s1. The van der Waals surface area contributed by atoms with Gasteiger partial charge in [-0.3, -0.25) is 9.59 Å². The number of hydrogen-bond acceptors (Lipinski definition) is 6. The first kappa shape index (κ1) is 23.3. The van der Waals surface area contributed by atoms with E-state index in [1.165, 1.54) is 11.3 Å². The fourth-order valence-electron chi connectivity index (χ4n) is 4.21. The summed E-state index contributed by atoms with van der Waals surface area (Å²) in [4.78, 5) is 31.0. The SMILES string of the molecule is COc1ccc(C(=O)N(Cc2cccs2)[C@H](C(=O)NC2CCCC2)c2cccs2)cc1OC. The molecule has 0 radical (unpaired) electrons. The van der Waals surface area contributed by atoms with Crippen LogP contribution in [0.25, 0.3) is 0 Å². The topological polar surface area (TPSA) is 67.9 Å². The molecular formula is C25H28N2O4S2. The van der Waals surface area contributed by atoms with Crippen LogP contribution in [0.2, 0.25) is 0 Å². The van der Waals surface area contributed by atoms with Crippen molar-refractivity contribution in [1.82, 2.24) is 10.2 Å². The van der Waals surface area contributed by atoms with Crippen molar-refractivity contribution >= 4 is 34.5 Å². The van der Waals surface area contributed by atoms with E-state index in [2.05, 4.69) is 5.32 Å². The van der Waals surface area contributed by atoms with Crippen molar-refractivity contribution in [2.45, 2.75) is 44.3 Å². The number of amides is 2. The fourth-order valence-corrected chi connectivity index (χ4v) is 5.74. The van der Waals surface area contributed by atoms with Crippen molar-refractivity contribution in [2.75, 3.05) is 14.2 Å². The molecule has 1 N–H and O–H groups in total. The molecular weight excluding hydrogens is 456 g/mol. The van der Waals surface area contributed by atoms with Crippen LogP contribution in [-0.4, -0.2) is 37.0 Å². The van der Waals surface area contributed by atoms with Gasteiger partial charge in [0, 0.05) is 21.4 Å². The molecule has 2 aromatic heterocycles. The Labute approximate surface area is 202 Å². The molecule has 1 aliphatic carbocycles. The molecule has 0 bridgehead atoms. The Bertz CT molecular complexity index is 1060. The van der Waals surface area contributed by atoms with Crippen molar-refractivity contribution in [2.24, 2.45) is 0 Å². The molecule has 0 spiro atoms. The number of methoxy groups -OCH3 is 2. The minimum Gasteiger partial charge on any atom is -0.493 e. The lowest BCUT2D eigenvalue weighted by Gasteiger charge is -2.31. The molecule has 1 fully saturated rings. The number of ether oxygens (including phenoxy) is 2. The molecule has 33 heavy (non-hydrogen) atoms. The predicted molar refractivity (Wildman–Crippen MR) is 131 cm³/mol. The molecule has 174 valence electrons. The van der Waals surface area contributed by atoms with Gasteiger partial charge in [-0.25, -0.2) is 0 Å². The lowest BCUT2D eigenvalue weighted by atomic mass is 10.1. The molecule has 1 aromatic carbocycles. The predicted octanol–water partition coefficient (Wildman–Crippen LogP) is 5.27. The van der Waals surface area contributed by atoms with Gasteiger partial charge in [-0.1, -0.05) is 25.0 Å². The minimum absolute atomic E-state index is 0.130. The van der Waals surface area contributed by atoms with Gasteiger partial charge in [0.05, 0.1) is 20.8 Å². The second-order valence-electron chi connectivity index (χ2n) is 7.99. The molecule has 0 unspecified atom stereocenters. The first-order valence-electron chi connectivity index (χ1n) is 11.0. The summed E-state index contributed by atoms with van der Waals surface area (Å²) in [6.45, 7) is 0.339. The van der Waals surface area contributed by atoms with E-state index >= 15 is 0 Å². The number of benzene rings is 1. The maximum atomic E-state index is 13.9. The van der Waals surface area contributed by atoms with Crippen molar-refractivity contribution in [1.29, 1.82) is 0 Å². The molecule has 0 saturated heterocycles. The highest BCUT2D eigenvalue weighted by Crippen LogP contribution is 2.33. The summed E-state index contributed by atoms with van der Waals surface area (Å²) in [6, 6.07) is 12.3. The molecule has 0 aliphatic heterocycles. The van der Waals surface area contributed by atoms with Gasteiger partial charge in [-0.05, 0) is 53.9 Å². The Morgan fingerprint density at radius 2 is 1.76 bits per heavy atom. The van der Waals surface area contributed by atoms with Gasteiger partial charge in [0.1, 0.15) is 6.04 Å². The van der Waals surface area contributed by atoms with Gasteiger partial charge in [0.15, 0.2) is 11.5 Å². The number of nitrogens with one attached hydrogen (secondary N) is 1. The lowest BCUT2D eigenvalue weighted by Crippen LogP contribution is -2.45. The van der Waals surface area contributed by atoms with E-state index in [0.717, 1.165) is 35.4 Å². The third-order valence-electron chi connectivity index (χ3n) is 5.87. The molecule has 1 atom stereocenters. The van der Waals surface area contributed by atoms with Crippen molar-refractivity contribution in [3.8, 4) is 11.5 Å². The molecule has 3 aromatic rings. The smallest absolute Gasteiger partial charge is 0.255 e. The summed E-state index contributed by atoms with van der Waals surface area (Å²) in [5, 5.41) is 7.13. The summed E-state index contributed by atoms with van der Waals surface area (Å²) in [5.74, 6) is 0.661. The largest absolute Gasteiger partial charge is 0.493 e. The normalized spacial score (nSPS) is 14.6. The summed E-state index contributed by atoms with van der Waals surface area (Å²) < 4.78 is 10.7. The average Bonchev–Trinajstić information content (AvgIpc) is 3.62. The Hall–Kier alpha value is -2.84. The number of thiophene rings is 2. The summed E-state index contributed by atoms with van der Waals surface area (Å²) in [5.41, 5.74) is 0.444. The van der Waals surface area contributed by atoms with E-state index in [0.29, 0.717) is 23.6 Å². The van der Waals surface area contributed by atoms with Crippen LogP contribution in [0.4, 0.5) is 0 Å². The minimum atomic E-state index is -0.715. The van der Waals surface area contributed by atoms with Crippen LogP contribution in [0.1, 0.15) is 51.8 Å². The van der Waals surface area contributed by atoms with Crippen LogP contribution < -0.4 is 14.8 Å². The summed E-state index contributed by atoms with van der Waals surface area (Å²) in [7, 11) is 3.10. The van der Waals surface area contributed by atoms with Crippen molar-refractivity contribution in [3.63, 3.8) is 0 Å². The van der Waals surface area contributed by atoms with Gasteiger partial charge >= 0.3 is 0 Å². The van der Waals surface area contributed by atoms with Gasteiger partial charge in [0.25, 0.3) is 5.91 Å². The van der Waals surface area contributed by atoms with Gasteiger partial charge in [0.2, 0.25) is 5.91 Å². The molecule has 6 nitrogen and oxygen atoms in total. The van der Waals surface area contributed by atoms with Crippen LogP contribution in [0, 0.1) is 0 Å². The Morgan fingerprint density at radius 3 is 2.39 bits per heavy atom. The van der Waals surface area contributed by atoms with Crippen LogP contribution in [0.15, 0.2) is 53.2 Å². The molecule has 4 rings (SSSR count). The highest BCUT2D eigenvalue weighted by Gasteiger charge is 2.35. The third-order valence-corrected chi connectivity index (χ3v) is 7.66. The molecule has 1 aliphatic rings. The number of rotatable bonds is 9. The maximum absolute atomic E-state index is 13.9. The molecule has 2 heterocycles. The number of nitrogens with zero attached hydrogens (tertiary/aromatic N) is 1. The van der Waals surface area contributed by atoms with Gasteiger partial charge in [-0.2, -0.15) is 0 Å². The zero-order valence-electron chi connectivity index (χ0n) is 18.8. The maximum Gasteiger partial charge on any atom is 0.255 e. The van der Waals surface area contributed by atoms with E-state index in [-0.39, 0.29) is 17.9 Å². The lowest BCUT2D eigenvalue weighted by molar-refractivity contribution is -0.126. The monoisotopic (exact) mass is 484 g/mol. The van der Waals surface area contributed by atoms with Gasteiger partial charge in [-0.15, -0.1) is 22.7 Å². The van der Waals surface area contributed by atoms with Crippen LogP contribution in [0.3, 0.4) is 0 Å². The highest BCUT2D eigenvalue weighted by atomic mass is 32.1. The molecule has 8 heteroatoms. The van der Waals surface area contributed by atoms with E-state index < -0.39 is 6.04 Å². The Balaban J connectivity index is 1.71. The van der Waals surface area contributed by atoms with Crippen LogP contribution in [0.5, 0.6) is 11.5 Å².